The minimum atomic E-state index is -1.11. The van der Waals surface area contributed by atoms with Gasteiger partial charge in [0.15, 0.2) is 11.6 Å². The summed E-state index contributed by atoms with van der Waals surface area (Å²) in [6, 6.07) is 5.87. The summed E-state index contributed by atoms with van der Waals surface area (Å²) in [4.78, 5) is 28.6. The molecule has 2 atom stereocenters. The number of benzene rings is 2. The van der Waals surface area contributed by atoms with Crippen molar-refractivity contribution in [2.24, 2.45) is 0 Å². The average Bonchev–Trinajstić information content (AvgIpc) is 3.14. The summed E-state index contributed by atoms with van der Waals surface area (Å²) in [7, 11) is 1.32. The summed E-state index contributed by atoms with van der Waals surface area (Å²) >= 11 is 0. The number of alkyl halides is 1. The Balaban J connectivity index is 2.04. The van der Waals surface area contributed by atoms with Gasteiger partial charge in [-0.2, -0.15) is 0 Å². The maximum Gasteiger partial charge on any atom is 0.270 e. The van der Waals surface area contributed by atoms with Crippen LogP contribution < -0.4 is 15.6 Å². The fourth-order valence-electron chi connectivity index (χ4n) is 3.73. The zero-order chi connectivity index (χ0) is 21.6. The minimum absolute atomic E-state index is 0.00334. The second kappa shape index (κ2) is 7.45. The number of hydrogen-bond donors (Lipinski definition) is 1. The minimum Gasteiger partial charge on any atom is -0.494 e. The van der Waals surface area contributed by atoms with Crippen molar-refractivity contribution < 1.29 is 18.4 Å². The van der Waals surface area contributed by atoms with E-state index in [0.29, 0.717) is 5.56 Å². The molecule has 0 amide bonds. The second-order valence-electron chi connectivity index (χ2n) is 7.14. The van der Waals surface area contributed by atoms with Crippen LogP contribution in [0.1, 0.15) is 23.9 Å². The molecule has 8 nitrogen and oxygen atoms in total. The van der Waals surface area contributed by atoms with Crippen LogP contribution in [0.2, 0.25) is 0 Å². The van der Waals surface area contributed by atoms with Crippen molar-refractivity contribution in [3.8, 4) is 11.4 Å². The summed E-state index contributed by atoms with van der Waals surface area (Å²) in [5.41, 5.74) is 0.0451. The molecule has 0 aliphatic carbocycles. The highest BCUT2D eigenvalue weighted by molar-refractivity contribution is 5.84. The molecular weight excluding hydrogens is 398 g/mol. The number of fused-ring (bicyclic) bond motifs is 1. The van der Waals surface area contributed by atoms with E-state index in [1.54, 1.807) is 6.92 Å². The number of nitro benzene ring substituents is 1. The molecule has 0 saturated carbocycles. The molecule has 1 aliphatic heterocycles. The summed E-state index contributed by atoms with van der Waals surface area (Å²) in [6.45, 7) is 1.72. The lowest BCUT2D eigenvalue weighted by molar-refractivity contribution is -0.384. The Morgan fingerprint density at radius 2 is 2.10 bits per heavy atom. The van der Waals surface area contributed by atoms with Crippen molar-refractivity contribution in [3.05, 3.63) is 68.0 Å². The van der Waals surface area contributed by atoms with Crippen molar-refractivity contribution >= 4 is 16.6 Å². The Kier molecular flexibility index (Phi) is 4.94. The Labute approximate surface area is 169 Å². The van der Waals surface area contributed by atoms with Gasteiger partial charge in [-0.05, 0) is 24.6 Å². The number of nitro groups is 1. The standard InChI is InChI=1S/C20H18F2N4O4/c1-10-5-13(26(28)29)7-14-18(10)24-19(16-6-11(21)9-23-16)25(20(14)27)12-3-4-17(30-2)15(22)8-12/h3-5,7-8,11,16,23H,6,9H2,1-2H3. The number of ether oxygens (including phenoxy) is 1. The molecule has 1 aliphatic rings. The molecule has 30 heavy (non-hydrogen) atoms. The van der Waals surface area contributed by atoms with Gasteiger partial charge in [-0.15, -0.1) is 0 Å². The van der Waals surface area contributed by atoms with Crippen LogP contribution in [0.4, 0.5) is 14.5 Å². The van der Waals surface area contributed by atoms with Crippen LogP contribution in [0.3, 0.4) is 0 Å². The SMILES string of the molecule is COc1ccc(-n2c(C3CC(F)CN3)nc3c(C)cc([N+](=O)[O-])cc3c2=O)cc1F. The average molecular weight is 416 g/mol. The quantitative estimate of drug-likeness (QED) is 0.518. The number of nitrogens with zero attached hydrogens (tertiary/aromatic N) is 3. The maximum atomic E-state index is 14.4. The Morgan fingerprint density at radius 3 is 2.70 bits per heavy atom. The lowest BCUT2D eigenvalue weighted by Gasteiger charge is -2.19. The first-order valence-electron chi connectivity index (χ1n) is 9.23. The topological polar surface area (TPSA) is 99.3 Å². The van der Waals surface area contributed by atoms with E-state index in [2.05, 4.69) is 10.3 Å². The second-order valence-corrected chi connectivity index (χ2v) is 7.14. The monoisotopic (exact) mass is 416 g/mol. The van der Waals surface area contributed by atoms with Crippen LogP contribution in [0, 0.1) is 22.9 Å². The summed E-state index contributed by atoms with van der Waals surface area (Å²) in [5.74, 6) is -0.475. The lowest BCUT2D eigenvalue weighted by atomic mass is 10.1. The Morgan fingerprint density at radius 1 is 1.33 bits per heavy atom. The first-order chi connectivity index (χ1) is 14.3. The molecule has 0 radical (unpaired) electrons. The molecule has 2 heterocycles. The van der Waals surface area contributed by atoms with Crippen molar-refractivity contribution in [2.45, 2.75) is 25.6 Å². The molecule has 0 bridgehead atoms. The van der Waals surface area contributed by atoms with Gasteiger partial charge in [0.2, 0.25) is 0 Å². The number of halogens is 2. The van der Waals surface area contributed by atoms with Gasteiger partial charge in [-0.3, -0.25) is 19.5 Å². The smallest absolute Gasteiger partial charge is 0.270 e. The first-order valence-corrected chi connectivity index (χ1v) is 9.23. The number of methoxy groups -OCH3 is 1. The largest absolute Gasteiger partial charge is 0.494 e. The van der Waals surface area contributed by atoms with Gasteiger partial charge in [0.25, 0.3) is 11.2 Å². The van der Waals surface area contributed by atoms with Gasteiger partial charge >= 0.3 is 0 Å². The zero-order valence-electron chi connectivity index (χ0n) is 16.2. The van der Waals surface area contributed by atoms with Gasteiger partial charge in [0, 0.05) is 31.2 Å². The van der Waals surface area contributed by atoms with Crippen LogP contribution in [0.5, 0.6) is 5.75 Å². The number of non-ortho nitro benzene ring substituents is 1. The number of aryl methyl sites for hydroxylation is 1. The number of aromatic nitrogens is 2. The number of rotatable bonds is 4. The molecule has 1 N–H and O–H groups in total. The first kappa shape index (κ1) is 19.9. The van der Waals surface area contributed by atoms with E-state index >= 15 is 0 Å². The van der Waals surface area contributed by atoms with Gasteiger partial charge in [0.05, 0.1) is 34.7 Å². The third-order valence-corrected chi connectivity index (χ3v) is 5.17. The number of nitrogens with one attached hydrogen (secondary N) is 1. The molecule has 3 aromatic rings. The Bertz CT molecular complexity index is 1230. The van der Waals surface area contributed by atoms with Gasteiger partial charge in [-0.1, -0.05) is 0 Å². The molecule has 156 valence electrons. The van der Waals surface area contributed by atoms with E-state index in [-0.39, 0.29) is 46.8 Å². The molecule has 2 unspecified atom stereocenters. The molecule has 10 heteroatoms. The summed E-state index contributed by atoms with van der Waals surface area (Å²) < 4.78 is 34.3. The van der Waals surface area contributed by atoms with E-state index in [1.807, 2.05) is 0 Å². The third-order valence-electron chi connectivity index (χ3n) is 5.17. The summed E-state index contributed by atoms with van der Waals surface area (Å²) in [6.07, 6.45) is -1.01. The molecule has 2 aromatic carbocycles. The van der Waals surface area contributed by atoms with Crippen LogP contribution in [-0.4, -0.2) is 34.3 Å². The van der Waals surface area contributed by atoms with Gasteiger partial charge in [0.1, 0.15) is 12.0 Å². The Hall–Kier alpha value is -3.40. The molecule has 4 rings (SSSR count). The fourth-order valence-corrected chi connectivity index (χ4v) is 3.73. The predicted octanol–water partition coefficient (Wildman–Crippen LogP) is 3.12. The third kappa shape index (κ3) is 3.28. The van der Waals surface area contributed by atoms with Gasteiger partial charge in [-0.25, -0.2) is 13.8 Å². The maximum absolute atomic E-state index is 14.4. The van der Waals surface area contributed by atoms with E-state index in [4.69, 9.17) is 4.74 Å². The van der Waals surface area contributed by atoms with Crippen molar-refractivity contribution in [1.82, 2.24) is 14.9 Å². The highest BCUT2D eigenvalue weighted by atomic mass is 19.1. The highest BCUT2D eigenvalue weighted by Crippen LogP contribution is 2.29. The van der Waals surface area contributed by atoms with E-state index in [1.165, 1.54) is 29.9 Å². The van der Waals surface area contributed by atoms with Crippen LogP contribution in [0.25, 0.3) is 16.6 Å². The van der Waals surface area contributed by atoms with Crippen molar-refractivity contribution in [1.29, 1.82) is 0 Å². The van der Waals surface area contributed by atoms with Crippen LogP contribution in [-0.2, 0) is 0 Å². The zero-order valence-corrected chi connectivity index (χ0v) is 16.2. The van der Waals surface area contributed by atoms with Gasteiger partial charge < -0.3 is 10.1 Å². The molecule has 1 fully saturated rings. The van der Waals surface area contributed by atoms with Crippen molar-refractivity contribution in [3.63, 3.8) is 0 Å². The fraction of sp³-hybridized carbons (Fsp3) is 0.300. The molecular formula is C20H18F2N4O4. The van der Waals surface area contributed by atoms with Crippen LogP contribution >= 0.6 is 0 Å². The molecule has 0 spiro atoms. The van der Waals surface area contributed by atoms with E-state index < -0.39 is 28.5 Å². The summed E-state index contributed by atoms with van der Waals surface area (Å²) in [5, 5.41) is 14.3. The predicted molar refractivity (Wildman–Crippen MR) is 105 cm³/mol. The highest BCUT2D eigenvalue weighted by Gasteiger charge is 2.30. The number of hydrogen-bond acceptors (Lipinski definition) is 6. The molecule has 1 aromatic heterocycles. The molecule has 1 saturated heterocycles. The van der Waals surface area contributed by atoms with E-state index in [0.717, 1.165) is 12.1 Å². The van der Waals surface area contributed by atoms with Crippen molar-refractivity contribution in [2.75, 3.05) is 13.7 Å². The lowest BCUT2D eigenvalue weighted by Crippen LogP contribution is -2.29. The van der Waals surface area contributed by atoms with Crippen LogP contribution in [0.15, 0.2) is 35.1 Å². The normalized spacial score (nSPS) is 18.7. The van der Waals surface area contributed by atoms with E-state index in [9.17, 15) is 23.7 Å².